The van der Waals surface area contributed by atoms with Gasteiger partial charge in [0.2, 0.25) is 0 Å². The molecule has 8 heteroatoms. The Morgan fingerprint density at radius 2 is 1.74 bits per heavy atom. The zero-order valence-electron chi connectivity index (χ0n) is 18.4. The first kappa shape index (κ1) is 22.9. The van der Waals surface area contributed by atoms with E-state index >= 15 is 0 Å². The van der Waals surface area contributed by atoms with Crippen molar-refractivity contribution in [1.82, 2.24) is 4.90 Å². The number of ether oxygens (including phenoxy) is 3. The van der Waals surface area contributed by atoms with Crippen LogP contribution < -0.4 is 14.2 Å². The van der Waals surface area contributed by atoms with Gasteiger partial charge in [0.05, 0.1) is 25.7 Å². The van der Waals surface area contributed by atoms with Crippen LogP contribution in [0.2, 0.25) is 0 Å². The number of rotatable bonds is 8. The van der Waals surface area contributed by atoms with Gasteiger partial charge in [-0.15, -0.1) is 0 Å². The van der Waals surface area contributed by atoms with E-state index in [1.807, 2.05) is 38.1 Å². The van der Waals surface area contributed by atoms with Gasteiger partial charge in [0, 0.05) is 12.6 Å². The topological polar surface area (TPSA) is 82.1 Å². The van der Waals surface area contributed by atoms with Crippen LogP contribution in [0, 0.1) is 13.8 Å². The van der Waals surface area contributed by atoms with E-state index in [1.54, 1.807) is 31.3 Å². The Morgan fingerprint density at radius 1 is 1.06 bits per heavy atom. The average molecular weight is 448 g/mol. The Bertz CT molecular complexity index is 1030. The van der Waals surface area contributed by atoms with Gasteiger partial charge >= 0.3 is 0 Å². The summed E-state index contributed by atoms with van der Waals surface area (Å²) < 4.78 is 40.6. The summed E-state index contributed by atoms with van der Waals surface area (Å²) >= 11 is 0. The van der Waals surface area contributed by atoms with Crippen molar-refractivity contribution in [2.24, 2.45) is 0 Å². The van der Waals surface area contributed by atoms with Crippen molar-refractivity contribution in [2.45, 2.75) is 32.9 Å². The van der Waals surface area contributed by atoms with E-state index in [0.717, 1.165) is 16.7 Å². The van der Waals surface area contributed by atoms with Gasteiger partial charge in [0.25, 0.3) is 5.91 Å². The maximum absolute atomic E-state index is 13.2. The van der Waals surface area contributed by atoms with Crippen molar-refractivity contribution in [1.29, 1.82) is 0 Å². The number of carbonyl (C=O) groups is 1. The first-order valence-corrected chi connectivity index (χ1v) is 12.0. The predicted octanol–water partition coefficient (Wildman–Crippen LogP) is 2.92. The summed E-state index contributed by atoms with van der Waals surface area (Å²) in [6.07, 6.45) is 0.421. The smallest absolute Gasteiger partial charge is 0.261 e. The molecule has 1 amide bonds. The summed E-state index contributed by atoms with van der Waals surface area (Å²) in [5.41, 5.74) is 2.72. The molecule has 0 aromatic heterocycles. The molecule has 168 valence electrons. The molecule has 0 spiro atoms. The number of amides is 1. The minimum Gasteiger partial charge on any atom is -0.493 e. The van der Waals surface area contributed by atoms with Crippen LogP contribution in [0.4, 0.5) is 0 Å². The van der Waals surface area contributed by atoms with E-state index in [-0.39, 0.29) is 36.6 Å². The fourth-order valence-corrected chi connectivity index (χ4v) is 5.59. The van der Waals surface area contributed by atoms with Gasteiger partial charge in [-0.25, -0.2) is 8.42 Å². The Kier molecular flexibility index (Phi) is 7.10. The van der Waals surface area contributed by atoms with Gasteiger partial charge in [0.1, 0.15) is 5.75 Å². The minimum atomic E-state index is -3.15. The quantitative estimate of drug-likeness (QED) is 0.619. The zero-order chi connectivity index (χ0) is 22.6. The van der Waals surface area contributed by atoms with E-state index in [1.165, 1.54) is 0 Å². The highest BCUT2D eigenvalue weighted by molar-refractivity contribution is 7.91. The lowest BCUT2D eigenvalue weighted by Gasteiger charge is -2.29. The SMILES string of the molecule is COc1ccc(CN(C(=O)COc2c(C)cccc2C)[C@@H]2CCS(=O)(=O)C2)cc1OC. The normalized spacial score (nSPS) is 17.2. The highest BCUT2D eigenvalue weighted by atomic mass is 32.2. The molecule has 0 saturated carbocycles. The van der Waals surface area contributed by atoms with Gasteiger partial charge in [-0.05, 0) is 49.1 Å². The number of benzene rings is 2. The van der Waals surface area contributed by atoms with Gasteiger partial charge in [-0.2, -0.15) is 0 Å². The second kappa shape index (κ2) is 9.60. The maximum atomic E-state index is 13.2. The fourth-order valence-electron chi connectivity index (χ4n) is 3.86. The molecule has 0 bridgehead atoms. The van der Waals surface area contributed by atoms with Crippen molar-refractivity contribution in [3.8, 4) is 17.2 Å². The molecule has 1 aliphatic rings. The second-order valence-corrected chi connectivity index (χ2v) is 10.0. The molecule has 1 atom stereocenters. The summed E-state index contributed by atoms with van der Waals surface area (Å²) in [6.45, 7) is 3.96. The summed E-state index contributed by atoms with van der Waals surface area (Å²) in [5, 5.41) is 0. The Labute approximate surface area is 183 Å². The van der Waals surface area contributed by atoms with Gasteiger partial charge < -0.3 is 19.1 Å². The van der Waals surface area contributed by atoms with Crippen LogP contribution >= 0.6 is 0 Å². The largest absolute Gasteiger partial charge is 0.493 e. The number of nitrogens with zero attached hydrogens (tertiary/aromatic N) is 1. The van der Waals surface area contributed by atoms with Gasteiger partial charge in [-0.1, -0.05) is 24.3 Å². The molecule has 0 aliphatic carbocycles. The molecule has 1 saturated heterocycles. The van der Waals surface area contributed by atoms with Gasteiger partial charge in [-0.3, -0.25) is 4.79 Å². The third-order valence-corrected chi connectivity index (χ3v) is 7.27. The molecule has 1 fully saturated rings. The summed E-state index contributed by atoms with van der Waals surface area (Å²) in [6, 6.07) is 10.8. The van der Waals surface area contributed by atoms with Crippen molar-refractivity contribution < 1.29 is 27.4 Å². The summed E-state index contributed by atoms with van der Waals surface area (Å²) in [5.74, 6) is 1.63. The number of methoxy groups -OCH3 is 2. The first-order chi connectivity index (χ1) is 14.7. The highest BCUT2D eigenvalue weighted by Crippen LogP contribution is 2.29. The Morgan fingerprint density at radius 3 is 2.32 bits per heavy atom. The van der Waals surface area contributed by atoms with Crippen molar-refractivity contribution in [2.75, 3.05) is 32.3 Å². The van der Waals surface area contributed by atoms with Crippen LogP contribution in [0.15, 0.2) is 36.4 Å². The lowest BCUT2D eigenvalue weighted by molar-refractivity contribution is -0.136. The van der Waals surface area contributed by atoms with Crippen LogP contribution in [0.1, 0.15) is 23.1 Å². The second-order valence-electron chi connectivity index (χ2n) is 7.78. The van der Waals surface area contributed by atoms with Crippen molar-refractivity contribution in [3.05, 3.63) is 53.1 Å². The molecule has 7 nitrogen and oxygen atoms in total. The Balaban J connectivity index is 1.82. The number of para-hydroxylation sites is 1. The molecular weight excluding hydrogens is 418 g/mol. The van der Waals surface area contributed by atoms with Crippen molar-refractivity contribution >= 4 is 15.7 Å². The molecule has 2 aromatic rings. The zero-order valence-corrected chi connectivity index (χ0v) is 19.2. The van der Waals surface area contributed by atoms with Crippen LogP contribution in [0.3, 0.4) is 0 Å². The molecule has 1 heterocycles. The molecule has 31 heavy (non-hydrogen) atoms. The van der Waals surface area contributed by atoms with Crippen LogP contribution in [0.25, 0.3) is 0 Å². The molecule has 3 rings (SSSR count). The van der Waals surface area contributed by atoms with E-state index in [9.17, 15) is 13.2 Å². The fraction of sp³-hybridized carbons (Fsp3) is 0.435. The van der Waals surface area contributed by atoms with E-state index < -0.39 is 9.84 Å². The number of carbonyl (C=O) groups excluding carboxylic acids is 1. The Hall–Kier alpha value is -2.74. The summed E-state index contributed by atoms with van der Waals surface area (Å²) in [7, 11) is -0.0445. The molecular formula is C23H29NO6S. The lowest BCUT2D eigenvalue weighted by Crippen LogP contribution is -2.43. The molecule has 0 radical (unpaired) electrons. The van der Waals surface area contributed by atoms with E-state index in [4.69, 9.17) is 14.2 Å². The number of sulfone groups is 1. The van der Waals surface area contributed by atoms with Crippen molar-refractivity contribution in [3.63, 3.8) is 0 Å². The third-order valence-electron chi connectivity index (χ3n) is 5.52. The first-order valence-electron chi connectivity index (χ1n) is 10.1. The highest BCUT2D eigenvalue weighted by Gasteiger charge is 2.35. The molecule has 1 aliphatic heterocycles. The molecule has 2 aromatic carbocycles. The predicted molar refractivity (Wildman–Crippen MR) is 119 cm³/mol. The minimum absolute atomic E-state index is 0.0323. The average Bonchev–Trinajstić information content (AvgIpc) is 3.10. The van der Waals surface area contributed by atoms with E-state index in [2.05, 4.69) is 0 Å². The van der Waals surface area contributed by atoms with Crippen LogP contribution in [0.5, 0.6) is 17.2 Å². The lowest BCUT2D eigenvalue weighted by atomic mass is 10.1. The number of hydrogen-bond donors (Lipinski definition) is 0. The number of aryl methyl sites for hydroxylation is 2. The maximum Gasteiger partial charge on any atom is 0.261 e. The molecule has 0 unspecified atom stereocenters. The summed E-state index contributed by atoms with van der Waals surface area (Å²) in [4.78, 5) is 14.8. The van der Waals surface area contributed by atoms with Gasteiger partial charge in [0.15, 0.2) is 27.9 Å². The standard InChI is InChI=1S/C23H29NO6S/c1-16-6-5-7-17(2)23(16)30-14-22(25)24(19-10-11-31(26,27)15-19)13-18-8-9-20(28-3)21(12-18)29-4/h5-9,12,19H,10-11,13-15H2,1-4H3/t19-/m1/s1. The number of hydrogen-bond acceptors (Lipinski definition) is 6. The third kappa shape index (κ3) is 5.50. The monoisotopic (exact) mass is 447 g/mol. The van der Waals surface area contributed by atoms with Crippen LogP contribution in [-0.4, -0.2) is 57.6 Å². The van der Waals surface area contributed by atoms with Crippen LogP contribution in [-0.2, 0) is 21.2 Å². The van der Waals surface area contributed by atoms with E-state index in [0.29, 0.717) is 23.7 Å². The molecule has 0 N–H and O–H groups in total.